The summed E-state index contributed by atoms with van der Waals surface area (Å²) in [5.74, 6) is 2.40. The van der Waals surface area contributed by atoms with Crippen molar-refractivity contribution in [1.29, 1.82) is 0 Å². The predicted octanol–water partition coefficient (Wildman–Crippen LogP) is 3.78. The van der Waals surface area contributed by atoms with E-state index in [1.54, 1.807) is 7.11 Å². The van der Waals surface area contributed by atoms with Crippen LogP contribution in [-0.2, 0) is 0 Å². The van der Waals surface area contributed by atoms with Crippen molar-refractivity contribution in [1.82, 2.24) is 9.97 Å². The molecule has 3 aromatic rings. The smallest absolute Gasteiger partial charge is 0.176 e. The third-order valence-corrected chi connectivity index (χ3v) is 3.74. The maximum absolute atomic E-state index is 6.01. The topological polar surface area (TPSA) is 48.2 Å². The van der Waals surface area contributed by atoms with Gasteiger partial charge >= 0.3 is 0 Å². The van der Waals surface area contributed by atoms with Crippen LogP contribution in [0.4, 0.5) is 0 Å². The molecule has 0 bridgehead atoms. The van der Waals surface area contributed by atoms with Crippen LogP contribution < -0.4 is 4.74 Å². The lowest BCUT2D eigenvalue weighted by atomic mass is 10.0. The van der Waals surface area contributed by atoms with Crippen molar-refractivity contribution in [3.05, 3.63) is 42.7 Å². The van der Waals surface area contributed by atoms with E-state index in [2.05, 4.69) is 16.0 Å². The van der Waals surface area contributed by atoms with Gasteiger partial charge in [-0.2, -0.15) is 0 Å². The summed E-state index contributed by atoms with van der Waals surface area (Å²) in [6.45, 7) is 0. The fourth-order valence-corrected chi connectivity index (χ4v) is 2.54. The number of nitrogens with zero attached hydrogens (tertiary/aromatic N) is 2. The molecule has 4 rings (SSSR count). The average Bonchev–Trinajstić information content (AvgIpc) is 3.26. The number of ether oxygens (including phenoxy) is 1. The number of aromatic nitrogens is 2. The zero-order chi connectivity index (χ0) is 13.5. The maximum atomic E-state index is 6.01. The zero-order valence-corrected chi connectivity index (χ0v) is 11.2. The van der Waals surface area contributed by atoms with Gasteiger partial charge < -0.3 is 9.15 Å². The lowest BCUT2D eigenvalue weighted by molar-refractivity contribution is 0.407. The molecule has 0 amide bonds. The van der Waals surface area contributed by atoms with Gasteiger partial charge in [-0.1, -0.05) is 0 Å². The molecular weight excluding hydrogens is 252 g/mol. The quantitative estimate of drug-likeness (QED) is 0.724. The Morgan fingerprint density at radius 3 is 2.70 bits per heavy atom. The van der Waals surface area contributed by atoms with Gasteiger partial charge in [-0.05, 0) is 36.6 Å². The number of furan rings is 1. The van der Waals surface area contributed by atoms with Crippen LogP contribution in [0.15, 0.2) is 41.3 Å². The van der Waals surface area contributed by atoms with Crippen LogP contribution in [-0.4, -0.2) is 17.1 Å². The summed E-state index contributed by atoms with van der Waals surface area (Å²) in [4.78, 5) is 8.18. The standard InChI is InChI=1S/C16H14N2O2/c1-19-14-5-4-12(11-7-17-9-18-8-11)13-6-15(10-2-3-10)20-16(13)14/h4-10H,2-3H2,1H3. The Morgan fingerprint density at radius 2 is 2.00 bits per heavy atom. The molecule has 1 fully saturated rings. The van der Waals surface area contributed by atoms with E-state index in [0.29, 0.717) is 5.92 Å². The molecule has 0 spiro atoms. The second kappa shape index (κ2) is 4.34. The molecule has 0 unspecified atom stereocenters. The van der Waals surface area contributed by atoms with Crippen molar-refractivity contribution in [2.24, 2.45) is 0 Å². The van der Waals surface area contributed by atoms with Crippen molar-refractivity contribution in [2.75, 3.05) is 7.11 Å². The first-order valence-electron chi connectivity index (χ1n) is 6.72. The molecule has 0 aliphatic heterocycles. The van der Waals surface area contributed by atoms with Crippen LogP contribution in [0.1, 0.15) is 24.5 Å². The lowest BCUT2D eigenvalue weighted by Gasteiger charge is -2.05. The summed E-state index contributed by atoms with van der Waals surface area (Å²) < 4.78 is 11.4. The van der Waals surface area contributed by atoms with Gasteiger partial charge in [-0.25, -0.2) is 9.97 Å². The highest BCUT2D eigenvalue weighted by Crippen LogP contribution is 2.45. The maximum Gasteiger partial charge on any atom is 0.176 e. The summed E-state index contributed by atoms with van der Waals surface area (Å²) in [5.41, 5.74) is 2.89. The highest BCUT2D eigenvalue weighted by atomic mass is 16.5. The fraction of sp³-hybridized carbons (Fsp3) is 0.250. The minimum absolute atomic E-state index is 0.576. The fourth-order valence-electron chi connectivity index (χ4n) is 2.54. The first-order chi connectivity index (χ1) is 9.86. The predicted molar refractivity (Wildman–Crippen MR) is 75.8 cm³/mol. The highest BCUT2D eigenvalue weighted by Gasteiger charge is 2.28. The van der Waals surface area contributed by atoms with Crippen LogP contribution in [0.5, 0.6) is 5.75 Å². The van der Waals surface area contributed by atoms with E-state index in [4.69, 9.17) is 9.15 Å². The first-order valence-corrected chi connectivity index (χ1v) is 6.72. The summed E-state index contributed by atoms with van der Waals surface area (Å²) in [6, 6.07) is 6.11. The minimum Gasteiger partial charge on any atom is -0.493 e. The Hall–Kier alpha value is -2.36. The van der Waals surface area contributed by atoms with E-state index < -0.39 is 0 Å². The van der Waals surface area contributed by atoms with Crippen LogP contribution >= 0.6 is 0 Å². The Kier molecular flexibility index (Phi) is 2.49. The van der Waals surface area contributed by atoms with Crippen molar-refractivity contribution >= 4 is 11.0 Å². The van der Waals surface area contributed by atoms with Gasteiger partial charge in [0.05, 0.1) is 7.11 Å². The van der Waals surface area contributed by atoms with Crippen LogP contribution in [0.25, 0.3) is 22.1 Å². The Bertz CT molecular complexity index is 761. The third kappa shape index (κ3) is 1.76. The number of fused-ring (bicyclic) bond motifs is 1. The number of rotatable bonds is 3. The second-order valence-corrected chi connectivity index (χ2v) is 5.11. The van der Waals surface area contributed by atoms with Gasteiger partial charge in [0.1, 0.15) is 12.1 Å². The van der Waals surface area contributed by atoms with E-state index in [0.717, 1.165) is 33.6 Å². The van der Waals surface area contributed by atoms with Gasteiger partial charge in [0.25, 0.3) is 0 Å². The summed E-state index contributed by atoms with van der Waals surface area (Å²) in [6.07, 6.45) is 7.60. The highest BCUT2D eigenvalue weighted by molar-refractivity contribution is 5.97. The molecule has 0 N–H and O–H groups in total. The zero-order valence-electron chi connectivity index (χ0n) is 11.2. The van der Waals surface area contributed by atoms with E-state index in [-0.39, 0.29) is 0 Å². The molecule has 2 aromatic heterocycles. The minimum atomic E-state index is 0.576. The van der Waals surface area contributed by atoms with E-state index >= 15 is 0 Å². The van der Waals surface area contributed by atoms with Crippen molar-refractivity contribution in [3.8, 4) is 16.9 Å². The van der Waals surface area contributed by atoms with Gasteiger partial charge in [-0.15, -0.1) is 0 Å². The van der Waals surface area contributed by atoms with E-state index in [1.165, 1.54) is 19.2 Å². The lowest BCUT2D eigenvalue weighted by Crippen LogP contribution is -1.86. The van der Waals surface area contributed by atoms with Crippen LogP contribution in [0.2, 0.25) is 0 Å². The van der Waals surface area contributed by atoms with Gasteiger partial charge in [0, 0.05) is 29.3 Å². The molecule has 4 heteroatoms. The molecule has 20 heavy (non-hydrogen) atoms. The normalized spacial score (nSPS) is 14.7. The van der Waals surface area contributed by atoms with Gasteiger partial charge in [-0.3, -0.25) is 0 Å². The van der Waals surface area contributed by atoms with Crippen molar-refractivity contribution < 1.29 is 9.15 Å². The third-order valence-electron chi connectivity index (χ3n) is 3.74. The second-order valence-electron chi connectivity index (χ2n) is 5.11. The Morgan fingerprint density at radius 1 is 1.20 bits per heavy atom. The van der Waals surface area contributed by atoms with Crippen molar-refractivity contribution in [2.45, 2.75) is 18.8 Å². The number of hydrogen-bond acceptors (Lipinski definition) is 4. The van der Waals surface area contributed by atoms with Crippen LogP contribution in [0, 0.1) is 0 Å². The van der Waals surface area contributed by atoms with Gasteiger partial charge in [0.2, 0.25) is 0 Å². The molecule has 0 radical (unpaired) electrons. The van der Waals surface area contributed by atoms with E-state index in [1.807, 2.05) is 24.5 Å². The van der Waals surface area contributed by atoms with E-state index in [9.17, 15) is 0 Å². The number of hydrogen-bond donors (Lipinski definition) is 0. The number of methoxy groups -OCH3 is 1. The Balaban J connectivity index is 1.97. The SMILES string of the molecule is COc1ccc(-c2cncnc2)c2cc(C3CC3)oc12. The average molecular weight is 266 g/mol. The monoisotopic (exact) mass is 266 g/mol. The molecule has 4 nitrogen and oxygen atoms in total. The summed E-state index contributed by atoms with van der Waals surface area (Å²) in [5, 5.41) is 1.07. The summed E-state index contributed by atoms with van der Waals surface area (Å²) in [7, 11) is 1.67. The molecule has 1 aromatic carbocycles. The Labute approximate surface area is 116 Å². The molecular formula is C16H14N2O2. The molecule has 100 valence electrons. The van der Waals surface area contributed by atoms with Gasteiger partial charge in [0.15, 0.2) is 11.3 Å². The molecule has 1 saturated carbocycles. The first kappa shape index (κ1) is 11.5. The number of benzene rings is 1. The molecule has 1 aliphatic rings. The van der Waals surface area contributed by atoms with Crippen LogP contribution in [0.3, 0.4) is 0 Å². The largest absolute Gasteiger partial charge is 0.493 e. The van der Waals surface area contributed by atoms with Crippen molar-refractivity contribution in [3.63, 3.8) is 0 Å². The summed E-state index contributed by atoms with van der Waals surface area (Å²) >= 11 is 0. The molecule has 0 atom stereocenters. The molecule has 1 aliphatic carbocycles. The molecule has 0 saturated heterocycles. The molecule has 2 heterocycles.